The number of nitrogens with one attached hydrogen (secondary N) is 1. The van der Waals surface area contributed by atoms with Gasteiger partial charge in [-0.2, -0.15) is 4.98 Å². The molecule has 0 spiro atoms. The van der Waals surface area contributed by atoms with Gasteiger partial charge in [0.05, 0.1) is 0 Å². The Balaban J connectivity index is 1.84. The molecule has 5 heteroatoms. The largest absolute Gasteiger partial charge is 0.339 e. The molecule has 106 valence electrons. The first-order chi connectivity index (χ1) is 9.63. The van der Waals surface area contributed by atoms with Crippen LogP contribution in [0.25, 0.3) is 11.4 Å². The van der Waals surface area contributed by atoms with Crippen LogP contribution in [0.3, 0.4) is 0 Å². The fraction of sp³-hybridized carbons (Fsp3) is 0.467. The van der Waals surface area contributed by atoms with Crippen LogP contribution in [0.5, 0.6) is 0 Å². The number of rotatable bonds is 2. The molecule has 0 unspecified atom stereocenters. The molecule has 1 aromatic carbocycles. The predicted octanol–water partition coefficient (Wildman–Crippen LogP) is 3.04. The Morgan fingerprint density at radius 2 is 2.25 bits per heavy atom. The average Bonchev–Trinajstić information content (AvgIpc) is 2.92. The number of hydrogen-bond acceptors (Lipinski definition) is 4. The van der Waals surface area contributed by atoms with E-state index in [9.17, 15) is 4.39 Å². The number of aromatic nitrogens is 2. The van der Waals surface area contributed by atoms with Gasteiger partial charge in [0.1, 0.15) is 5.82 Å². The van der Waals surface area contributed by atoms with E-state index in [1.165, 1.54) is 6.07 Å². The van der Waals surface area contributed by atoms with Crippen LogP contribution >= 0.6 is 0 Å². The fourth-order valence-corrected chi connectivity index (χ4v) is 2.66. The first-order valence-corrected chi connectivity index (χ1v) is 6.97. The van der Waals surface area contributed by atoms with Crippen molar-refractivity contribution in [1.82, 2.24) is 15.5 Å². The van der Waals surface area contributed by atoms with Gasteiger partial charge in [0.25, 0.3) is 0 Å². The molecule has 20 heavy (non-hydrogen) atoms. The van der Waals surface area contributed by atoms with Crippen LogP contribution < -0.4 is 5.32 Å². The Bertz CT molecular complexity index is 611. The van der Waals surface area contributed by atoms with Crippen LogP contribution in [-0.4, -0.2) is 22.7 Å². The molecule has 1 N–H and O–H groups in total. The molecular formula is C15H18FN3O. The lowest BCUT2D eigenvalue weighted by Gasteiger charge is -2.25. The van der Waals surface area contributed by atoms with Gasteiger partial charge in [0.2, 0.25) is 11.7 Å². The number of aryl methyl sites for hydroxylation is 1. The standard InChI is InChI=1S/C15H18FN3O/c1-9-7-11(3-4-13(9)16)14-18-15(20-19-14)12-5-6-17-10(2)8-12/h3-4,7,10,12,17H,5-6,8H2,1-2H3/t10-,12-/m0/s1. The van der Waals surface area contributed by atoms with Gasteiger partial charge in [-0.25, -0.2) is 4.39 Å². The summed E-state index contributed by atoms with van der Waals surface area (Å²) in [6.45, 7) is 4.86. The summed E-state index contributed by atoms with van der Waals surface area (Å²) in [6, 6.07) is 5.34. The van der Waals surface area contributed by atoms with Crippen molar-refractivity contribution >= 4 is 0 Å². The molecule has 4 nitrogen and oxygen atoms in total. The van der Waals surface area contributed by atoms with Gasteiger partial charge in [0.15, 0.2) is 0 Å². The summed E-state index contributed by atoms with van der Waals surface area (Å²) in [4.78, 5) is 4.48. The first-order valence-electron chi connectivity index (χ1n) is 6.97. The summed E-state index contributed by atoms with van der Waals surface area (Å²) in [5, 5.41) is 7.43. The van der Waals surface area contributed by atoms with Crippen LogP contribution in [-0.2, 0) is 0 Å². The summed E-state index contributed by atoms with van der Waals surface area (Å²) < 4.78 is 18.7. The number of halogens is 1. The van der Waals surface area contributed by atoms with Crippen molar-refractivity contribution in [3.05, 3.63) is 35.5 Å². The molecule has 0 amide bonds. The van der Waals surface area contributed by atoms with Crippen molar-refractivity contribution in [3.63, 3.8) is 0 Å². The van der Waals surface area contributed by atoms with Crippen LogP contribution in [0.1, 0.15) is 37.1 Å². The van der Waals surface area contributed by atoms with Gasteiger partial charge in [-0.05, 0) is 57.0 Å². The minimum Gasteiger partial charge on any atom is -0.339 e. The maximum absolute atomic E-state index is 13.3. The average molecular weight is 275 g/mol. The zero-order valence-electron chi connectivity index (χ0n) is 11.7. The highest BCUT2D eigenvalue weighted by Crippen LogP contribution is 2.28. The predicted molar refractivity (Wildman–Crippen MR) is 73.9 cm³/mol. The second-order valence-electron chi connectivity index (χ2n) is 5.50. The van der Waals surface area contributed by atoms with Crippen LogP contribution in [0, 0.1) is 12.7 Å². The normalized spacial score (nSPS) is 22.9. The van der Waals surface area contributed by atoms with Crippen molar-refractivity contribution in [3.8, 4) is 11.4 Å². The molecule has 0 radical (unpaired) electrons. The highest BCUT2D eigenvalue weighted by Gasteiger charge is 2.25. The van der Waals surface area contributed by atoms with E-state index in [1.54, 1.807) is 19.1 Å². The number of piperidine rings is 1. The van der Waals surface area contributed by atoms with Crippen molar-refractivity contribution < 1.29 is 8.91 Å². The quantitative estimate of drug-likeness (QED) is 0.915. The zero-order valence-corrected chi connectivity index (χ0v) is 11.7. The highest BCUT2D eigenvalue weighted by molar-refractivity contribution is 5.55. The monoisotopic (exact) mass is 275 g/mol. The van der Waals surface area contributed by atoms with Gasteiger partial charge in [-0.3, -0.25) is 0 Å². The minimum absolute atomic E-state index is 0.218. The summed E-state index contributed by atoms with van der Waals surface area (Å²) in [5.41, 5.74) is 1.38. The molecule has 1 aliphatic heterocycles. The summed E-state index contributed by atoms with van der Waals surface area (Å²) in [5.74, 6) is 1.32. The highest BCUT2D eigenvalue weighted by atomic mass is 19.1. The van der Waals surface area contributed by atoms with Crippen molar-refractivity contribution in [2.24, 2.45) is 0 Å². The third-order valence-electron chi connectivity index (χ3n) is 3.83. The molecule has 1 saturated heterocycles. The third-order valence-corrected chi connectivity index (χ3v) is 3.83. The molecule has 1 aliphatic rings. The van der Waals surface area contributed by atoms with Crippen LogP contribution in [0.2, 0.25) is 0 Å². The van der Waals surface area contributed by atoms with Crippen molar-refractivity contribution in [1.29, 1.82) is 0 Å². The smallest absolute Gasteiger partial charge is 0.230 e. The lowest BCUT2D eigenvalue weighted by molar-refractivity contribution is 0.295. The Kier molecular flexibility index (Phi) is 3.53. The molecular weight excluding hydrogens is 257 g/mol. The number of nitrogens with zero attached hydrogens (tertiary/aromatic N) is 2. The molecule has 2 heterocycles. The van der Waals surface area contributed by atoms with E-state index in [0.29, 0.717) is 29.2 Å². The minimum atomic E-state index is -0.218. The molecule has 1 aromatic heterocycles. The van der Waals surface area contributed by atoms with Gasteiger partial charge < -0.3 is 9.84 Å². The van der Waals surface area contributed by atoms with Gasteiger partial charge in [-0.1, -0.05) is 5.16 Å². The van der Waals surface area contributed by atoms with Crippen molar-refractivity contribution in [2.45, 2.75) is 38.6 Å². The van der Waals surface area contributed by atoms with E-state index in [1.807, 2.05) is 0 Å². The molecule has 2 atom stereocenters. The third kappa shape index (κ3) is 2.58. The van der Waals surface area contributed by atoms with E-state index in [2.05, 4.69) is 22.4 Å². The van der Waals surface area contributed by atoms with Gasteiger partial charge in [-0.15, -0.1) is 0 Å². The lowest BCUT2D eigenvalue weighted by Crippen LogP contribution is -2.34. The van der Waals surface area contributed by atoms with Crippen LogP contribution in [0.15, 0.2) is 22.7 Å². The molecule has 0 saturated carbocycles. The lowest BCUT2D eigenvalue weighted by atomic mass is 9.93. The number of hydrogen-bond donors (Lipinski definition) is 1. The maximum atomic E-state index is 13.3. The number of benzene rings is 1. The van der Waals surface area contributed by atoms with E-state index < -0.39 is 0 Å². The Labute approximate surface area is 117 Å². The molecule has 1 fully saturated rings. The Morgan fingerprint density at radius 3 is 3.00 bits per heavy atom. The second-order valence-corrected chi connectivity index (χ2v) is 5.50. The van der Waals surface area contributed by atoms with Gasteiger partial charge in [0, 0.05) is 17.5 Å². The summed E-state index contributed by atoms with van der Waals surface area (Å²) in [6.07, 6.45) is 2.01. The SMILES string of the molecule is Cc1cc(-c2noc([C@H]3CCN[C@@H](C)C3)n2)ccc1F. The van der Waals surface area contributed by atoms with E-state index in [0.717, 1.165) is 24.9 Å². The second kappa shape index (κ2) is 5.32. The van der Waals surface area contributed by atoms with Crippen molar-refractivity contribution in [2.75, 3.05) is 6.54 Å². The van der Waals surface area contributed by atoms with E-state index in [4.69, 9.17) is 4.52 Å². The Hall–Kier alpha value is -1.75. The molecule has 2 aromatic rings. The van der Waals surface area contributed by atoms with Gasteiger partial charge >= 0.3 is 0 Å². The maximum Gasteiger partial charge on any atom is 0.230 e. The Morgan fingerprint density at radius 1 is 1.40 bits per heavy atom. The molecule has 0 aliphatic carbocycles. The van der Waals surface area contributed by atoms with Crippen LogP contribution in [0.4, 0.5) is 4.39 Å². The summed E-state index contributed by atoms with van der Waals surface area (Å²) in [7, 11) is 0. The first kappa shape index (κ1) is 13.2. The fourth-order valence-electron chi connectivity index (χ4n) is 2.66. The topological polar surface area (TPSA) is 51.0 Å². The van der Waals surface area contributed by atoms with E-state index in [-0.39, 0.29) is 5.82 Å². The summed E-state index contributed by atoms with van der Waals surface area (Å²) >= 11 is 0. The zero-order chi connectivity index (χ0) is 14.1. The molecule has 3 rings (SSSR count). The molecule has 0 bridgehead atoms. The van der Waals surface area contributed by atoms with E-state index >= 15 is 0 Å².